The van der Waals surface area contributed by atoms with Gasteiger partial charge in [0.25, 0.3) is 5.88 Å². The molecule has 0 amide bonds. The molecule has 100 valence electrons. The average Bonchev–Trinajstić information content (AvgIpc) is 2.69. The lowest BCUT2D eigenvalue weighted by Gasteiger charge is -2.04. The Kier molecular flexibility index (Phi) is 3.84. The van der Waals surface area contributed by atoms with Crippen LogP contribution in [0.3, 0.4) is 0 Å². The first-order valence-electron chi connectivity index (χ1n) is 5.66. The number of halogens is 1. The average molecular weight is 326 g/mol. The Morgan fingerprint density at radius 2 is 2.05 bits per heavy atom. The van der Waals surface area contributed by atoms with Gasteiger partial charge in [0.05, 0.1) is 4.92 Å². The Labute approximate surface area is 118 Å². The molecular formula is C12H12BrN3O3. The van der Waals surface area contributed by atoms with E-state index in [1.807, 2.05) is 6.92 Å². The van der Waals surface area contributed by atoms with Crippen molar-refractivity contribution in [3.8, 4) is 11.6 Å². The zero-order chi connectivity index (χ0) is 14.0. The smallest absolute Gasteiger partial charge is 0.353 e. The van der Waals surface area contributed by atoms with Crippen molar-refractivity contribution < 1.29 is 9.66 Å². The zero-order valence-corrected chi connectivity index (χ0v) is 12.0. The van der Waals surface area contributed by atoms with E-state index in [9.17, 15) is 10.1 Å². The van der Waals surface area contributed by atoms with Gasteiger partial charge in [-0.2, -0.15) is 5.10 Å². The number of hydrogen-bond donors (Lipinski definition) is 0. The summed E-state index contributed by atoms with van der Waals surface area (Å²) in [4.78, 5) is 10.7. The summed E-state index contributed by atoms with van der Waals surface area (Å²) < 4.78 is 7.88. The van der Waals surface area contributed by atoms with Gasteiger partial charge in [0.1, 0.15) is 11.4 Å². The molecule has 2 aromatic rings. The lowest BCUT2D eigenvalue weighted by atomic mass is 10.3. The fraction of sp³-hybridized carbons (Fsp3) is 0.250. The van der Waals surface area contributed by atoms with E-state index in [-0.39, 0.29) is 11.6 Å². The van der Waals surface area contributed by atoms with E-state index in [0.29, 0.717) is 17.9 Å². The minimum absolute atomic E-state index is 0.0760. The van der Waals surface area contributed by atoms with Crippen LogP contribution in [-0.2, 0) is 13.5 Å². The molecule has 0 saturated carbocycles. The fourth-order valence-corrected chi connectivity index (χ4v) is 1.97. The molecule has 0 aliphatic heterocycles. The Balaban J connectivity index is 2.41. The van der Waals surface area contributed by atoms with Crippen LogP contribution in [0, 0.1) is 10.1 Å². The van der Waals surface area contributed by atoms with Crippen LogP contribution < -0.4 is 4.74 Å². The first-order chi connectivity index (χ1) is 9.02. The highest BCUT2D eigenvalue weighted by atomic mass is 79.9. The highest BCUT2D eigenvalue weighted by molar-refractivity contribution is 9.10. The highest BCUT2D eigenvalue weighted by Crippen LogP contribution is 2.34. The first kappa shape index (κ1) is 13.5. The van der Waals surface area contributed by atoms with E-state index in [1.165, 1.54) is 4.68 Å². The third-order valence-electron chi connectivity index (χ3n) is 2.59. The van der Waals surface area contributed by atoms with Crippen molar-refractivity contribution in [3.63, 3.8) is 0 Å². The second kappa shape index (κ2) is 5.40. The summed E-state index contributed by atoms with van der Waals surface area (Å²) in [6, 6.07) is 7.06. The SMILES string of the molecule is CCc1nn(C)c(Oc2ccc(Br)cc2)c1[N+](=O)[O-]. The molecule has 0 fully saturated rings. The maximum atomic E-state index is 11.1. The third kappa shape index (κ3) is 2.76. The van der Waals surface area contributed by atoms with Gasteiger partial charge in [0, 0.05) is 11.5 Å². The molecule has 6 nitrogen and oxygen atoms in total. The number of ether oxygens (including phenoxy) is 1. The predicted octanol–water partition coefficient (Wildman–Crippen LogP) is 3.45. The van der Waals surface area contributed by atoms with Crippen molar-refractivity contribution in [2.45, 2.75) is 13.3 Å². The summed E-state index contributed by atoms with van der Waals surface area (Å²) in [5, 5.41) is 15.2. The molecule has 19 heavy (non-hydrogen) atoms. The molecule has 1 heterocycles. The van der Waals surface area contributed by atoms with Gasteiger partial charge in [-0.05, 0) is 30.7 Å². The Hall–Kier alpha value is -1.89. The van der Waals surface area contributed by atoms with E-state index in [4.69, 9.17) is 4.74 Å². The van der Waals surface area contributed by atoms with Gasteiger partial charge < -0.3 is 4.74 Å². The fourth-order valence-electron chi connectivity index (χ4n) is 1.70. The topological polar surface area (TPSA) is 70.2 Å². The van der Waals surface area contributed by atoms with E-state index < -0.39 is 4.92 Å². The van der Waals surface area contributed by atoms with Crippen LogP contribution >= 0.6 is 15.9 Å². The van der Waals surface area contributed by atoms with E-state index in [0.717, 1.165) is 4.47 Å². The summed E-state index contributed by atoms with van der Waals surface area (Å²) in [6.45, 7) is 1.82. The summed E-state index contributed by atoms with van der Waals surface area (Å²) >= 11 is 3.32. The van der Waals surface area contributed by atoms with Gasteiger partial charge in [-0.15, -0.1) is 0 Å². The van der Waals surface area contributed by atoms with Crippen molar-refractivity contribution in [3.05, 3.63) is 44.5 Å². The quantitative estimate of drug-likeness (QED) is 0.637. The van der Waals surface area contributed by atoms with Gasteiger partial charge in [-0.1, -0.05) is 22.9 Å². The van der Waals surface area contributed by atoms with Crippen LogP contribution in [0.15, 0.2) is 28.7 Å². The summed E-state index contributed by atoms with van der Waals surface area (Å²) in [5.41, 5.74) is 0.340. The van der Waals surface area contributed by atoms with Crippen LogP contribution in [0.1, 0.15) is 12.6 Å². The third-order valence-corrected chi connectivity index (χ3v) is 3.11. The highest BCUT2D eigenvalue weighted by Gasteiger charge is 2.27. The second-order valence-corrected chi connectivity index (χ2v) is 4.81. The standard InChI is InChI=1S/C12H12BrN3O3/c1-3-10-11(16(17)18)12(15(2)14-10)19-9-6-4-8(13)5-7-9/h4-7H,3H2,1-2H3. The predicted molar refractivity (Wildman–Crippen MR) is 73.5 cm³/mol. The van der Waals surface area contributed by atoms with Crippen molar-refractivity contribution in [1.82, 2.24) is 9.78 Å². The summed E-state index contributed by atoms with van der Waals surface area (Å²) in [5.74, 6) is 0.668. The molecule has 1 aromatic heterocycles. The van der Waals surface area contributed by atoms with E-state index >= 15 is 0 Å². The number of nitrogens with zero attached hydrogens (tertiary/aromatic N) is 3. The molecule has 1 aromatic carbocycles. The molecule has 0 atom stereocenters. The Bertz CT molecular complexity index is 607. The monoisotopic (exact) mass is 325 g/mol. The maximum Gasteiger partial charge on any atom is 0.353 e. The van der Waals surface area contributed by atoms with Crippen LogP contribution in [-0.4, -0.2) is 14.7 Å². The van der Waals surface area contributed by atoms with Gasteiger partial charge >= 0.3 is 5.69 Å². The maximum absolute atomic E-state index is 11.1. The molecule has 0 bridgehead atoms. The Morgan fingerprint density at radius 1 is 1.42 bits per heavy atom. The van der Waals surface area contributed by atoms with Gasteiger partial charge in [-0.25, -0.2) is 4.68 Å². The van der Waals surface area contributed by atoms with Gasteiger partial charge in [0.2, 0.25) is 0 Å². The molecule has 0 N–H and O–H groups in total. The lowest BCUT2D eigenvalue weighted by Crippen LogP contribution is -1.97. The van der Waals surface area contributed by atoms with Crippen molar-refractivity contribution in [2.75, 3.05) is 0 Å². The minimum Gasteiger partial charge on any atom is -0.434 e. The molecule has 0 saturated heterocycles. The molecule has 0 spiro atoms. The lowest BCUT2D eigenvalue weighted by molar-refractivity contribution is -0.386. The van der Waals surface area contributed by atoms with Crippen LogP contribution in [0.5, 0.6) is 11.6 Å². The van der Waals surface area contributed by atoms with E-state index in [2.05, 4.69) is 21.0 Å². The summed E-state index contributed by atoms with van der Waals surface area (Å²) in [7, 11) is 1.63. The van der Waals surface area contributed by atoms with Crippen molar-refractivity contribution >= 4 is 21.6 Å². The molecule has 0 unspecified atom stereocenters. The largest absolute Gasteiger partial charge is 0.434 e. The van der Waals surface area contributed by atoms with Crippen molar-refractivity contribution in [1.29, 1.82) is 0 Å². The number of aromatic nitrogens is 2. The van der Waals surface area contributed by atoms with Crippen molar-refractivity contribution in [2.24, 2.45) is 7.05 Å². The molecule has 0 aliphatic carbocycles. The second-order valence-electron chi connectivity index (χ2n) is 3.89. The van der Waals surface area contributed by atoms with Gasteiger partial charge in [0.15, 0.2) is 0 Å². The van der Waals surface area contributed by atoms with Crippen LogP contribution in [0.4, 0.5) is 5.69 Å². The van der Waals surface area contributed by atoms with Crippen LogP contribution in [0.25, 0.3) is 0 Å². The number of hydrogen-bond acceptors (Lipinski definition) is 4. The van der Waals surface area contributed by atoms with Gasteiger partial charge in [-0.3, -0.25) is 10.1 Å². The summed E-state index contributed by atoms with van der Waals surface area (Å²) in [6.07, 6.45) is 0.480. The number of rotatable bonds is 4. The normalized spacial score (nSPS) is 10.5. The number of aryl methyl sites for hydroxylation is 2. The van der Waals surface area contributed by atoms with E-state index in [1.54, 1.807) is 31.3 Å². The van der Waals surface area contributed by atoms with Crippen LogP contribution in [0.2, 0.25) is 0 Å². The number of nitro groups is 1. The zero-order valence-electron chi connectivity index (χ0n) is 10.5. The first-order valence-corrected chi connectivity index (χ1v) is 6.46. The Morgan fingerprint density at radius 3 is 2.58 bits per heavy atom. The molecule has 0 aliphatic rings. The minimum atomic E-state index is -0.458. The molecule has 2 rings (SSSR count). The molecule has 0 radical (unpaired) electrons. The number of benzene rings is 1. The molecule has 7 heteroatoms. The molecular weight excluding hydrogens is 314 g/mol.